The predicted octanol–water partition coefficient (Wildman–Crippen LogP) is 3.97. The first-order valence-electron chi connectivity index (χ1n) is 4.01. The lowest BCUT2D eigenvalue weighted by Crippen LogP contribution is -1.76. The molecule has 0 bridgehead atoms. The van der Waals surface area contributed by atoms with Gasteiger partial charge in [0.25, 0.3) is 0 Å². The lowest BCUT2D eigenvalue weighted by Gasteiger charge is -2.05. The zero-order chi connectivity index (χ0) is 10.1. The molecule has 0 aromatic heterocycles. The van der Waals surface area contributed by atoms with Crippen LogP contribution < -0.4 is 0 Å². The van der Waals surface area contributed by atoms with E-state index in [9.17, 15) is 5.11 Å². The van der Waals surface area contributed by atoms with Crippen LogP contribution in [-0.4, -0.2) is 5.11 Å². The summed E-state index contributed by atoms with van der Waals surface area (Å²) in [6.07, 6.45) is 0. The van der Waals surface area contributed by atoms with Gasteiger partial charge in [-0.05, 0) is 11.5 Å². The third-order valence-corrected chi connectivity index (χ3v) is 2.71. The number of nitrogens with one attached hydrogen (secondary N) is 1. The van der Waals surface area contributed by atoms with Gasteiger partial charge in [0.05, 0.1) is 0 Å². The van der Waals surface area contributed by atoms with E-state index < -0.39 is 0 Å². The second-order valence-corrected chi connectivity index (χ2v) is 3.74. The van der Waals surface area contributed by atoms with E-state index in [0.29, 0.717) is 5.69 Å². The highest BCUT2D eigenvalue weighted by Gasteiger charge is 2.08. The molecule has 0 saturated carbocycles. The van der Waals surface area contributed by atoms with Crippen molar-refractivity contribution in [2.45, 2.75) is 0 Å². The maximum atomic E-state index is 9.55. The minimum Gasteiger partial charge on any atom is -0.506 e. The highest BCUT2D eigenvalue weighted by molar-refractivity contribution is 9.10. The molecule has 2 N–H and O–H groups in total. The molecule has 70 valence electrons. The van der Waals surface area contributed by atoms with Gasteiger partial charge in [0.15, 0.2) is 0 Å². The van der Waals surface area contributed by atoms with Crippen molar-refractivity contribution in [3.63, 3.8) is 0 Å². The van der Waals surface area contributed by atoms with Crippen molar-refractivity contribution >= 4 is 32.4 Å². The van der Waals surface area contributed by atoms with Crippen LogP contribution in [0.5, 0.6) is 5.75 Å². The molecule has 0 saturated heterocycles. The highest BCUT2D eigenvalue weighted by atomic mass is 79.9. The van der Waals surface area contributed by atoms with Crippen LogP contribution in [-0.2, 0) is 0 Å². The van der Waals surface area contributed by atoms with Crippen molar-refractivity contribution in [1.29, 1.82) is 5.53 Å². The average Bonchev–Trinajstić information content (AvgIpc) is 2.18. The van der Waals surface area contributed by atoms with Gasteiger partial charge in [-0.3, -0.25) is 0 Å². The Morgan fingerprint density at radius 2 is 1.86 bits per heavy atom. The number of aromatic hydroxyl groups is 1. The van der Waals surface area contributed by atoms with Gasteiger partial charge in [-0.2, -0.15) is 5.11 Å². The summed E-state index contributed by atoms with van der Waals surface area (Å²) in [7, 11) is 0. The van der Waals surface area contributed by atoms with Gasteiger partial charge < -0.3 is 5.11 Å². The highest BCUT2D eigenvalue weighted by Crippen LogP contribution is 2.39. The molecule has 0 amide bonds. The molecule has 0 atom stereocenters. The standard InChI is InChI=1S/C10H7BrN2O/c11-8-5-9(14)10(13-12)7-4-2-1-3-6(7)8/h1-5,12,14H. The van der Waals surface area contributed by atoms with Crippen LogP contribution in [0.25, 0.3) is 10.8 Å². The maximum Gasteiger partial charge on any atom is 0.144 e. The smallest absolute Gasteiger partial charge is 0.144 e. The predicted molar refractivity (Wildman–Crippen MR) is 58.1 cm³/mol. The number of phenols is 1. The van der Waals surface area contributed by atoms with Crippen molar-refractivity contribution in [3.05, 3.63) is 34.8 Å². The van der Waals surface area contributed by atoms with E-state index in [1.54, 1.807) is 6.07 Å². The molecular weight excluding hydrogens is 244 g/mol. The number of benzene rings is 2. The molecule has 3 nitrogen and oxygen atoms in total. The third kappa shape index (κ3) is 1.28. The zero-order valence-electron chi connectivity index (χ0n) is 7.16. The molecule has 0 aliphatic carbocycles. The zero-order valence-corrected chi connectivity index (χ0v) is 8.75. The molecule has 0 spiro atoms. The van der Waals surface area contributed by atoms with Crippen molar-refractivity contribution in [2.75, 3.05) is 0 Å². The van der Waals surface area contributed by atoms with Crippen molar-refractivity contribution in [3.8, 4) is 5.75 Å². The van der Waals surface area contributed by atoms with E-state index in [2.05, 4.69) is 21.0 Å². The van der Waals surface area contributed by atoms with Crippen LogP contribution >= 0.6 is 15.9 Å². The van der Waals surface area contributed by atoms with Gasteiger partial charge in [-0.15, -0.1) is 0 Å². The second-order valence-electron chi connectivity index (χ2n) is 2.88. The van der Waals surface area contributed by atoms with Crippen molar-refractivity contribution in [1.82, 2.24) is 0 Å². The fraction of sp³-hybridized carbons (Fsp3) is 0. The fourth-order valence-corrected chi connectivity index (χ4v) is 1.98. The first-order chi connectivity index (χ1) is 6.74. The summed E-state index contributed by atoms with van der Waals surface area (Å²) >= 11 is 3.35. The molecule has 4 heteroatoms. The third-order valence-electron chi connectivity index (χ3n) is 2.06. The first kappa shape index (κ1) is 9.15. The normalized spacial score (nSPS) is 10.4. The summed E-state index contributed by atoms with van der Waals surface area (Å²) in [6, 6.07) is 9.04. The van der Waals surface area contributed by atoms with Crippen LogP contribution in [0, 0.1) is 5.53 Å². The van der Waals surface area contributed by atoms with Crippen LogP contribution in [0.3, 0.4) is 0 Å². The Hall–Kier alpha value is -1.42. The lowest BCUT2D eigenvalue weighted by atomic mass is 10.1. The van der Waals surface area contributed by atoms with Gasteiger partial charge in [0, 0.05) is 9.86 Å². The van der Waals surface area contributed by atoms with Crippen LogP contribution in [0.4, 0.5) is 5.69 Å². The number of hydrogen-bond donors (Lipinski definition) is 2. The maximum absolute atomic E-state index is 9.55. The topological polar surface area (TPSA) is 56.4 Å². The van der Waals surface area contributed by atoms with E-state index >= 15 is 0 Å². The molecule has 0 heterocycles. The Balaban J connectivity index is 2.97. The first-order valence-corrected chi connectivity index (χ1v) is 4.81. The molecule has 14 heavy (non-hydrogen) atoms. The SMILES string of the molecule is N=Nc1c(O)cc(Br)c2ccccc12. The molecule has 2 aromatic carbocycles. The number of nitrogens with zero attached hydrogens (tertiary/aromatic N) is 1. The Kier molecular flexibility index (Phi) is 2.21. The number of rotatable bonds is 1. The largest absolute Gasteiger partial charge is 0.506 e. The minimum absolute atomic E-state index is 0.0191. The van der Waals surface area contributed by atoms with Crippen molar-refractivity contribution in [2.24, 2.45) is 5.11 Å². The molecular formula is C10H7BrN2O. The molecule has 2 aromatic rings. The Labute approximate surface area is 89.0 Å². The molecule has 0 aliphatic heterocycles. The van der Waals surface area contributed by atoms with Crippen LogP contribution in [0.15, 0.2) is 39.9 Å². The molecule has 2 rings (SSSR count). The van der Waals surface area contributed by atoms with Gasteiger partial charge in [-0.1, -0.05) is 40.2 Å². The Morgan fingerprint density at radius 1 is 1.21 bits per heavy atom. The van der Waals surface area contributed by atoms with E-state index in [4.69, 9.17) is 5.53 Å². The van der Waals surface area contributed by atoms with E-state index in [0.717, 1.165) is 15.2 Å². The summed E-state index contributed by atoms with van der Waals surface area (Å²) in [5, 5.41) is 14.6. The minimum atomic E-state index is 0.0191. The Bertz CT molecular complexity index is 511. The number of phenolic OH excluding ortho intramolecular Hbond substituents is 1. The fourth-order valence-electron chi connectivity index (χ4n) is 1.42. The second kappa shape index (κ2) is 3.38. The monoisotopic (exact) mass is 250 g/mol. The number of hydrogen-bond acceptors (Lipinski definition) is 3. The van der Waals surface area contributed by atoms with E-state index in [-0.39, 0.29) is 5.75 Å². The summed E-state index contributed by atoms with van der Waals surface area (Å²) in [4.78, 5) is 0. The summed E-state index contributed by atoms with van der Waals surface area (Å²) < 4.78 is 0.804. The van der Waals surface area contributed by atoms with Gasteiger partial charge in [-0.25, -0.2) is 5.53 Å². The average molecular weight is 251 g/mol. The van der Waals surface area contributed by atoms with E-state index in [1.807, 2.05) is 24.3 Å². The summed E-state index contributed by atoms with van der Waals surface area (Å²) in [6.45, 7) is 0. The molecule has 0 fully saturated rings. The molecule has 0 radical (unpaired) electrons. The van der Waals surface area contributed by atoms with Gasteiger partial charge in [0.1, 0.15) is 11.4 Å². The molecule has 0 unspecified atom stereocenters. The van der Waals surface area contributed by atoms with Crippen LogP contribution in [0.1, 0.15) is 0 Å². The number of fused-ring (bicyclic) bond motifs is 1. The van der Waals surface area contributed by atoms with Gasteiger partial charge >= 0.3 is 0 Å². The number of halogens is 1. The molecule has 0 aliphatic rings. The van der Waals surface area contributed by atoms with Gasteiger partial charge in [0.2, 0.25) is 0 Å². The Morgan fingerprint density at radius 3 is 2.50 bits per heavy atom. The quantitative estimate of drug-likeness (QED) is 0.740. The summed E-state index contributed by atoms with van der Waals surface area (Å²) in [5.74, 6) is 0.0191. The lowest BCUT2D eigenvalue weighted by molar-refractivity contribution is 0.476. The van der Waals surface area contributed by atoms with Crippen molar-refractivity contribution < 1.29 is 5.11 Å². The van der Waals surface area contributed by atoms with Crippen LogP contribution in [0.2, 0.25) is 0 Å². The summed E-state index contributed by atoms with van der Waals surface area (Å²) in [5.41, 5.74) is 7.30. The van der Waals surface area contributed by atoms with E-state index in [1.165, 1.54) is 0 Å².